The number of rotatable bonds is 14. The van der Waals surface area contributed by atoms with Crippen molar-refractivity contribution in [1.82, 2.24) is 10.2 Å². The Morgan fingerprint density at radius 3 is 2.31 bits per heavy atom. The van der Waals surface area contributed by atoms with Crippen molar-refractivity contribution in [3.63, 3.8) is 0 Å². The molecule has 0 heterocycles. The van der Waals surface area contributed by atoms with Crippen molar-refractivity contribution in [1.29, 1.82) is 0 Å². The number of aryl methyl sites for hydroxylation is 1. The van der Waals surface area contributed by atoms with Crippen molar-refractivity contribution in [3.8, 4) is 5.75 Å². The average Bonchev–Trinajstić information content (AvgIpc) is 3.06. The van der Waals surface area contributed by atoms with Crippen molar-refractivity contribution < 1.29 is 27.7 Å². The Labute approximate surface area is 289 Å². The van der Waals surface area contributed by atoms with Gasteiger partial charge in [-0.2, -0.15) is 0 Å². The van der Waals surface area contributed by atoms with Gasteiger partial charge in [0.25, 0.3) is 15.7 Å². The Bertz CT molecular complexity index is 1910. The normalized spacial score (nSPS) is 11.8. The molecule has 0 spiro atoms. The molecule has 1 N–H and O–H groups in total. The van der Waals surface area contributed by atoms with E-state index in [1.807, 2.05) is 30.3 Å². The number of amides is 2. The van der Waals surface area contributed by atoms with Gasteiger partial charge in [-0.25, -0.2) is 8.42 Å². The smallest absolute Gasteiger partial charge is 0.273 e. The number of hydrogen-bond donors (Lipinski definition) is 1. The molecule has 0 saturated carbocycles. The number of carbonyl (C=O) groups is 2. The van der Waals surface area contributed by atoms with E-state index in [-0.39, 0.29) is 41.5 Å². The van der Waals surface area contributed by atoms with Gasteiger partial charge in [0.2, 0.25) is 11.8 Å². The molecular weight excluding hydrogens is 679 g/mol. The first-order valence-electron chi connectivity index (χ1n) is 14.8. The van der Waals surface area contributed by atoms with Crippen LogP contribution < -0.4 is 14.4 Å². The summed E-state index contributed by atoms with van der Waals surface area (Å²) in [5.74, 6) is -1.14. The molecule has 0 aromatic heterocycles. The number of nitrogens with zero attached hydrogens (tertiary/aromatic N) is 3. The summed E-state index contributed by atoms with van der Waals surface area (Å²) in [6.07, 6.45) is 0.111. The zero-order valence-electron chi connectivity index (χ0n) is 26.4. The number of halogens is 2. The van der Waals surface area contributed by atoms with E-state index in [1.165, 1.54) is 49.3 Å². The second kappa shape index (κ2) is 16.0. The highest BCUT2D eigenvalue weighted by Gasteiger charge is 2.36. The molecule has 14 heteroatoms. The van der Waals surface area contributed by atoms with Crippen LogP contribution >= 0.6 is 23.2 Å². The molecule has 4 aromatic rings. The molecule has 4 rings (SSSR count). The highest BCUT2D eigenvalue weighted by Crippen LogP contribution is 2.36. The molecule has 4 aromatic carbocycles. The van der Waals surface area contributed by atoms with Crippen LogP contribution in [0.25, 0.3) is 0 Å². The number of methoxy groups -OCH3 is 1. The molecule has 0 radical (unpaired) electrons. The molecule has 0 aliphatic rings. The third kappa shape index (κ3) is 8.43. The maximum absolute atomic E-state index is 14.6. The SMILES string of the molecule is CCNC(=O)C(Cc1ccccc1)N(Cc1ccccc1Cl)C(=O)CN(c1cc(Cl)ccc1OC)S(=O)(=O)c1ccc(C)c([N+](=O)[O-])c1. The summed E-state index contributed by atoms with van der Waals surface area (Å²) in [5.41, 5.74) is 1.03. The molecule has 252 valence electrons. The number of anilines is 1. The maximum atomic E-state index is 14.6. The number of nitro benzene ring substituents is 1. The summed E-state index contributed by atoms with van der Waals surface area (Å²) in [6, 6.07) is 22.6. The Morgan fingerprint density at radius 2 is 1.67 bits per heavy atom. The lowest BCUT2D eigenvalue weighted by molar-refractivity contribution is -0.385. The van der Waals surface area contributed by atoms with Crippen molar-refractivity contribution >= 4 is 56.4 Å². The van der Waals surface area contributed by atoms with E-state index >= 15 is 0 Å². The van der Waals surface area contributed by atoms with Crippen LogP contribution in [0, 0.1) is 17.0 Å². The number of nitro groups is 1. The number of sulfonamides is 1. The van der Waals surface area contributed by atoms with E-state index < -0.39 is 49.9 Å². The average molecular weight is 714 g/mol. The van der Waals surface area contributed by atoms with Crippen molar-refractivity contribution in [2.75, 3.05) is 24.5 Å². The summed E-state index contributed by atoms with van der Waals surface area (Å²) in [7, 11) is -3.36. The van der Waals surface area contributed by atoms with E-state index in [1.54, 1.807) is 31.2 Å². The first-order valence-corrected chi connectivity index (χ1v) is 17.0. The minimum atomic E-state index is -4.68. The highest BCUT2D eigenvalue weighted by atomic mass is 35.5. The third-order valence-corrected chi connectivity index (χ3v) is 9.93. The number of carbonyl (C=O) groups excluding carboxylic acids is 2. The van der Waals surface area contributed by atoms with E-state index in [0.29, 0.717) is 10.6 Å². The van der Waals surface area contributed by atoms with Gasteiger partial charge in [0.15, 0.2) is 0 Å². The van der Waals surface area contributed by atoms with Gasteiger partial charge >= 0.3 is 0 Å². The lowest BCUT2D eigenvalue weighted by atomic mass is 10.0. The van der Waals surface area contributed by atoms with Gasteiger partial charge in [-0.3, -0.25) is 24.0 Å². The Kier molecular flexibility index (Phi) is 12.0. The topological polar surface area (TPSA) is 139 Å². The summed E-state index contributed by atoms with van der Waals surface area (Å²) in [4.78, 5) is 40.2. The summed E-state index contributed by atoms with van der Waals surface area (Å²) >= 11 is 12.8. The molecule has 1 atom stereocenters. The molecule has 0 saturated heterocycles. The minimum Gasteiger partial charge on any atom is -0.495 e. The largest absolute Gasteiger partial charge is 0.495 e. The minimum absolute atomic E-state index is 0.0691. The standard InChI is InChI=1S/C34H34Cl2N4O7S/c1-4-37-34(42)31(18-24-10-6-5-7-11-24)38(21-25-12-8-9-13-28(25)36)33(41)22-39(30-19-26(35)15-17-32(30)47-3)48(45,46)27-16-14-23(2)29(20-27)40(43)44/h5-17,19-20,31H,4,18,21-22H2,1-3H3,(H,37,42). The predicted molar refractivity (Wildman–Crippen MR) is 185 cm³/mol. The predicted octanol–water partition coefficient (Wildman–Crippen LogP) is 6.19. The van der Waals surface area contributed by atoms with Gasteiger partial charge in [-0.1, -0.05) is 77.8 Å². The number of benzene rings is 4. The highest BCUT2D eigenvalue weighted by molar-refractivity contribution is 7.92. The zero-order valence-corrected chi connectivity index (χ0v) is 28.8. The molecule has 11 nitrogen and oxygen atoms in total. The van der Waals surface area contributed by atoms with E-state index in [2.05, 4.69) is 5.32 Å². The molecule has 0 bridgehead atoms. The summed E-state index contributed by atoms with van der Waals surface area (Å²) in [5, 5.41) is 15.0. The first-order chi connectivity index (χ1) is 22.9. The van der Waals surface area contributed by atoms with E-state index in [9.17, 15) is 28.1 Å². The first kappa shape index (κ1) is 36.2. The molecular formula is C34H34Cl2N4O7S. The fraction of sp³-hybridized carbons (Fsp3) is 0.235. The molecule has 1 unspecified atom stereocenters. The Balaban J connectivity index is 1.89. The molecule has 0 fully saturated rings. The van der Waals surface area contributed by atoms with Crippen LogP contribution in [0.1, 0.15) is 23.6 Å². The van der Waals surface area contributed by atoms with Gasteiger partial charge in [-0.05, 0) is 55.3 Å². The quantitative estimate of drug-likeness (QED) is 0.122. The monoisotopic (exact) mass is 712 g/mol. The van der Waals surface area contributed by atoms with E-state index in [4.69, 9.17) is 27.9 Å². The van der Waals surface area contributed by atoms with Crippen molar-refractivity contribution in [3.05, 3.63) is 128 Å². The van der Waals surface area contributed by atoms with E-state index in [0.717, 1.165) is 15.9 Å². The number of nitrogens with one attached hydrogen (secondary N) is 1. The van der Waals surface area contributed by atoms with Gasteiger partial charge < -0.3 is 15.0 Å². The second-order valence-electron chi connectivity index (χ2n) is 10.7. The van der Waals surface area contributed by atoms with Crippen molar-refractivity contribution in [2.24, 2.45) is 0 Å². The summed E-state index contributed by atoms with van der Waals surface area (Å²) < 4.78 is 35.0. The second-order valence-corrected chi connectivity index (χ2v) is 13.5. The number of likely N-dealkylation sites (N-methyl/N-ethyl adjacent to an activating group) is 1. The van der Waals surface area contributed by atoms with Gasteiger partial charge in [0.05, 0.1) is 22.6 Å². The van der Waals surface area contributed by atoms with Crippen LogP contribution in [0.2, 0.25) is 10.0 Å². The third-order valence-electron chi connectivity index (χ3n) is 7.57. The van der Waals surface area contributed by atoms with Gasteiger partial charge in [0, 0.05) is 41.2 Å². The lowest BCUT2D eigenvalue weighted by Gasteiger charge is -2.34. The van der Waals surface area contributed by atoms with Crippen molar-refractivity contribution in [2.45, 2.75) is 37.8 Å². The van der Waals surface area contributed by atoms with Crippen LogP contribution in [0.4, 0.5) is 11.4 Å². The Morgan fingerprint density at radius 1 is 0.979 bits per heavy atom. The van der Waals surface area contributed by atoms with Crippen LogP contribution in [0.3, 0.4) is 0 Å². The number of ether oxygens (including phenoxy) is 1. The van der Waals surface area contributed by atoms with Crippen LogP contribution in [0.15, 0.2) is 95.9 Å². The van der Waals surface area contributed by atoms with Crippen LogP contribution in [-0.4, -0.2) is 56.3 Å². The fourth-order valence-electron chi connectivity index (χ4n) is 5.10. The number of hydrogen-bond acceptors (Lipinski definition) is 7. The Hall–Kier alpha value is -4.65. The molecule has 2 amide bonds. The molecule has 48 heavy (non-hydrogen) atoms. The molecule has 0 aliphatic heterocycles. The van der Waals surface area contributed by atoms with Crippen LogP contribution in [-0.2, 0) is 32.6 Å². The lowest BCUT2D eigenvalue weighted by Crippen LogP contribution is -2.53. The van der Waals surface area contributed by atoms with Crippen LogP contribution in [0.5, 0.6) is 5.75 Å². The summed E-state index contributed by atoms with van der Waals surface area (Å²) in [6.45, 7) is 2.55. The van der Waals surface area contributed by atoms with Gasteiger partial charge in [-0.15, -0.1) is 0 Å². The zero-order chi connectivity index (χ0) is 35.0. The molecule has 0 aliphatic carbocycles. The maximum Gasteiger partial charge on any atom is 0.273 e. The van der Waals surface area contributed by atoms with Gasteiger partial charge in [0.1, 0.15) is 18.3 Å². The fourth-order valence-corrected chi connectivity index (χ4v) is 6.90.